The van der Waals surface area contributed by atoms with Gasteiger partial charge in [0.05, 0.1) is 22.7 Å². The number of alkyl halides is 1. The van der Waals surface area contributed by atoms with Crippen molar-refractivity contribution in [3.63, 3.8) is 0 Å². The van der Waals surface area contributed by atoms with Gasteiger partial charge >= 0.3 is 0 Å². The number of rotatable bonds is 5. The fourth-order valence-electron chi connectivity index (χ4n) is 2.28. The number of hydrogen-bond donors (Lipinski definition) is 0. The number of hydrogen-bond acceptors (Lipinski definition) is 4. The summed E-state index contributed by atoms with van der Waals surface area (Å²) in [5.74, 6) is 0.834. The molecule has 130 valence electrons. The van der Waals surface area contributed by atoms with Crippen molar-refractivity contribution in [2.45, 2.75) is 31.0 Å². The van der Waals surface area contributed by atoms with E-state index in [1.54, 1.807) is 22.8 Å². The summed E-state index contributed by atoms with van der Waals surface area (Å²) in [6.07, 6.45) is 7.62. The lowest BCUT2D eigenvalue weighted by Gasteiger charge is -2.13. The third-order valence-corrected chi connectivity index (χ3v) is 5.33. The van der Waals surface area contributed by atoms with E-state index < -0.39 is 0 Å². The fraction of sp³-hybridized carbons (Fsp3) is 0.278. The van der Waals surface area contributed by atoms with Crippen LogP contribution in [0.25, 0.3) is 0 Å². The number of thioether (sulfide) groups is 1. The Balaban J connectivity index is 1.77. The summed E-state index contributed by atoms with van der Waals surface area (Å²) >= 11 is 14.1. The Morgan fingerprint density at radius 3 is 2.84 bits per heavy atom. The van der Waals surface area contributed by atoms with Gasteiger partial charge in [-0.15, -0.1) is 23.4 Å². The Labute approximate surface area is 161 Å². The van der Waals surface area contributed by atoms with Crippen molar-refractivity contribution in [2.24, 2.45) is 4.99 Å². The highest BCUT2D eigenvalue weighted by Gasteiger charge is 2.14. The van der Waals surface area contributed by atoms with Gasteiger partial charge in [-0.05, 0) is 18.6 Å². The highest BCUT2D eigenvalue weighted by molar-refractivity contribution is 8.13. The Hall–Kier alpha value is -1.56. The molecule has 0 spiro atoms. The molecule has 1 unspecified atom stereocenters. The Morgan fingerprint density at radius 1 is 1.36 bits per heavy atom. The van der Waals surface area contributed by atoms with E-state index in [1.807, 2.05) is 12.2 Å². The number of halogens is 2. The fourth-order valence-corrected chi connectivity index (χ4v) is 3.77. The van der Waals surface area contributed by atoms with E-state index in [4.69, 9.17) is 28.2 Å². The molecule has 0 radical (unpaired) electrons. The standard InChI is InChI=1S/C18H18Cl2N4S/c1-13-2-4-14(5-3-13)10-25-18(9-24-12-21-11-22-24)23-17-7-6-15(19)8-16(17)20/h2-7,11-12,15H,8-10H2,1H3. The van der Waals surface area contributed by atoms with E-state index >= 15 is 0 Å². The van der Waals surface area contributed by atoms with Gasteiger partial charge in [-0.25, -0.2) is 14.7 Å². The Kier molecular flexibility index (Phi) is 6.34. The van der Waals surface area contributed by atoms with Gasteiger partial charge in [-0.1, -0.05) is 47.5 Å². The van der Waals surface area contributed by atoms with E-state index in [1.165, 1.54) is 17.5 Å². The molecule has 2 aromatic rings. The van der Waals surface area contributed by atoms with Crippen molar-refractivity contribution in [2.75, 3.05) is 0 Å². The predicted octanol–water partition coefficient (Wildman–Crippen LogP) is 4.94. The van der Waals surface area contributed by atoms with Crippen LogP contribution in [0.5, 0.6) is 0 Å². The van der Waals surface area contributed by atoms with Crippen molar-refractivity contribution in [1.82, 2.24) is 14.8 Å². The third-order valence-electron chi connectivity index (χ3n) is 3.65. The summed E-state index contributed by atoms with van der Waals surface area (Å²) < 4.78 is 1.76. The molecule has 0 amide bonds. The van der Waals surface area contributed by atoms with E-state index in [9.17, 15) is 0 Å². The molecule has 0 fully saturated rings. The lowest BCUT2D eigenvalue weighted by molar-refractivity contribution is 0.726. The second-order valence-electron chi connectivity index (χ2n) is 5.74. The van der Waals surface area contributed by atoms with Gasteiger partial charge in [0, 0.05) is 17.2 Å². The minimum absolute atomic E-state index is 0.0644. The van der Waals surface area contributed by atoms with Gasteiger partial charge in [-0.3, -0.25) is 0 Å². The van der Waals surface area contributed by atoms with Crippen LogP contribution in [0.2, 0.25) is 0 Å². The number of benzene rings is 1. The first-order valence-electron chi connectivity index (χ1n) is 7.89. The second kappa shape index (κ2) is 8.70. The van der Waals surface area contributed by atoms with Crippen LogP contribution in [0.1, 0.15) is 17.5 Å². The van der Waals surface area contributed by atoms with Crippen LogP contribution in [-0.2, 0) is 12.3 Å². The summed E-state index contributed by atoms with van der Waals surface area (Å²) in [5.41, 5.74) is 3.28. The first-order chi connectivity index (χ1) is 12.1. The summed E-state index contributed by atoms with van der Waals surface area (Å²) in [4.78, 5) is 8.74. The van der Waals surface area contributed by atoms with E-state index in [2.05, 4.69) is 41.3 Å². The van der Waals surface area contributed by atoms with Crippen LogP contribution in [0.15, 0.2) is 64.8 Å². The van der Waals surface area contributed by atoms with E-state index in [-0.39, 0.29) is 5.38 Å². The smallest absolute Gasteiger partial charge is 0.137 e. The first kappa shape index (κ1) is 18.2. The van der Waals surface area contributed by atoms with Gasteiger partial charge in [0.15, 0.2) is 0 Å². The van der Waals surface area contributed by atoms with Crippen LogP contribution in [0.4, 0.5) is 0 Å². The summed E-state index contributed by atoms with van der Waals surface area (Å²) in [6.45, 7) is 2.64. The molecule has 0 bridgehead atoms. The molecule has 0 N–H and O–H groups in total. The molecule has 0 saturated carbocycles. The minimum atomic E-state index is -0.0644. The van der Waals surface area contributed by atoms with Crippen LogP contribution < -0.4 is 0 Å². The quantitative estimate of drug-likeness (QED) is 0.411. The molecular formula is C18H18Cl2N4S. The van der Waals surface area contributed by atoms with Gasteiger partial charge in [0.1, 0.15) is 12.7 Å². The van der Waals surface area contributed by atoms with Crippen molar-refractivity contribution < 1.29 is 0 Å². The maximum atomic E-state index is 6.33. The Morgan fingerprint density at radius 2 is 2.16 bits per heavy atom. The van der Waals surface area contributed by atoms with Crippen molar-refractivity contribution in [3.8, 4) is 0 Å². The average molecular weight is 393 g/mol. The predicted molar refractivity (Wildman–Crippen MR) is 106 cm³/mol. The van der Waals surface area contributed by atoms with E-state index in [0.29, 0.717) is 18.0 Å². The van der Waals surface area contributed by atoms with E-state index in [0.717, 1.165) is 16.5 Å². The topological polar surface area (TPSA) is 43.1 Å². The van der Waals surface area contributed by atoms with Gasteiger partial charge < -0.3 is 0 Å². The zero-order valence-corrected chi connectivity index (χ0v) is 16.1. The molecule has 1 heterocycles. The summed E-state index contributed by atoms with van der Waals surface area (Å²) in [7, 11) is 0. The molecule has 7 heteroatoms. The zero-order chi connectivity index (χ0) is 17.6. The molecule has 1 aromatic heterocycles. The molecule has 4 nitrogen and oxygen atoms in total. The van der Waals surface area contributed by atoms with Crippen molar-refractivity contribution in [1.29, 1.82) is 0 Å². The maximum absolute atomic E-state index is 6.33. The highest BCUT2D eigenvalue weighted by Crippen LogP contribution is 2.28. The van der Waals surface area contributed by atoms with Gasteiger partial charge in [0.25, 0.3) is 0 Å². The monoisotopic (exact) mass is 392 g/mol. The number of nitrogens with zero attached hydrogens (tertiary/aromatic N) is 4. The van der Waals surface area contributed by atoms with Crippen molar-refractivity contribution in [3.05, 3.63) is 70.9 Å². The molecule has 1 aromatic carbocycles. The number of aromatic nitrogens is 3. The third kappa shape index (κ3) is 5.46. The molecule has 3 rings (SSSR count). The van der Waals surface area contributed by atoms with Gasteiger partial charge in [0.2, 0.25) is 0 Å². The lowest BCUT2D eigenvalue weighted by Crippen LogP contribution is -2.09. The SMILES string of the molecule is Cc1ccc(CSC(Cn2cncn2)=NC2=C(Cl)CC(Cl)C=C2)cc1. The largest absolute Gasteiger partial charge is 0.246 e. The molecule has 1 atom stereocenters. The molecule has 1 aliphatic carbocycles. The zero-order valence-electron chi connectivity index (χ0n) is 13.8. The normalized spacial score (nSPS) is 18.0. The molecule has 1 aliphatic rings. The van der Waals surface area contributed by atoms with Gasteiger partial charge in [-0.2, -0.15) is 5.10 Å². The summed E-state index contributed by atoms with van der Waals surface area (Å²) in [6, 6.07) is 8.52. The van der Waals surface area contributed by atoms with Crippen molar-refractivity contribution >= 4 is 40.0 Å². The minimum Gasteiger partial charge on any atom is -0.246 e. The number of aliphatic imine (C=N–C) groups is 1. The average Bonchev–Trinajstić information content (AvgIpc) is 3.09. The molecule has 0 aliphatic heterocycles. The Bertz CT molecular complexity index is 795. The number of allylic oxidation sites excluding steroid dienone is 3. The second-order valence-corrected chi connectivity index (χ2v) is 7.81. The number of aryl methyl sites for hydroxylation is 1. The summed E-state index contributed by atoms with van der Waals surface area (Å²) in [5, 5.41) is 5.72. The molecule has 25 heavy (non-hydrogen) atoms. The first-order valence-corrected chi connectivity index (χ1v) is 9.69. The van der Waals surface area contributed by atoms with Crippen LogP contribution in [0, 0.1) is 6.92 Å². The molecule has 0 saturated heterocycles. The van der Waals surface area contributed by atoms with Crippen LogP contribution >= 0.6 is 35.0 Å². The maximum Gasteiger partial charge on any atom is 0.137 e. The lowest BCUT2D eigenvalue weighted by atomic mass is 10.1. The van der Waals surface area contributed by atoms with Crippen LogP contribution in [-0.4, -0.2) is 25.2 Å². The highest BCUT2D eigenvalue weighted by atomic mass is 35.5. The molecular weight excluding hydrogens is 375 g/mol. The van der Waals surface area contributed by atoms with Crippen LogP contribution in [0.3, 0.4) is 0 Å².